The Labute approximate surface area is 118 Å². The van der Waals surface area contributed by atoms with Crippen molar-refractivity contribution in [2.75, 3.05) is 32.5 Å². The standard InChI is InChI=1S/C14H21N3O3/c1-4-17(9-12(18)16-3)14(19)10-7-6-8-11(15)13(10)20-5-2/h6-8H,4-5,9,15H2,1-3H3,(H,16,18). The van der Waals surface area contributed by atoms with Gasteiger partial charge in [0, 0.05) is 13.6 Å². The highest BCUT2D eigenvalue weighted by atomic mass is 16.5. The molecule has 2 amide bonds. The highest BCUT2D eigenvalue weighted by Gasteiger charge is 2.21. The minimum absolute atomic E-state index is 0.00615. The maximum Gasteiger partial charge on any atom is 0.258 e. The summed E-state index contributed by atoms with van der Waals surface area (Å²) in [6.45, 7) is 4.48. The third-order valence-corrected chi connectivity index (χ3v) is 2.85. The molecule has 1 aromatic carbocycles. The summed E-state index contributed by atoms with van der Waals surface area (Å²) >= 11 is 0. The number of nitrogen functional groups attached to an aromatic ring is 1. The number of nitrogens with one attached hydrogen (secondary N) is 1. The molecule has 0 saturated carbocycles. The van der Waals surface area contributed by atoms with Crippen molar-refractivity contribution in [1.29, 1.82) is 0 Å². The zero-order valence-corrected chi connectivity index (χ0v) is 12.1. The molecule has 3 N–H and O–H groups in total. The average Bonchev–Trinajstić information content (AvgIpc) is 2.46. The van der Waals surface area contributed by atoms with Gasteiger partial charge in [0.05, 0.1) is 24.4 Å². The van der Waals surface area contributed by atoms with Crippen LogP contribution in [0.4, 0.5) is 5.69 Å². The number of hydrogen-bond donors (Lipinski definition) is 2. The number of likely N-dealkylation sites (N-methyl/N-ethyl adjacent to an activating group) is 2. The van der Waals surface area contributed by atoms with E-state index in [0.29, 0.717) is 30.2 Å². The van der Waals surface area contributed by atoms with E-state index >= 15 is 0 Å². The number of anilines is 1. The first kappa shape index (κ1) is 15.8. The summed E-state index contributed by atoms with van der Waals surface area (Å²) in [6.07, 6.45) is 0. The lowest BCUT2D eigenvalue weighted by molar-refractivity contribution is -0.121. The van der Waals surface area contributed by atoms with E-state index in [2.05, 4.69) is 5.32 Å². The van der Waals surface area contributed by atoms with Crippen LogP contribution in [-0.4, -0.2) is 43.5 Å². The smallest absolute Gasteiger partial charge is 0.258 e. The summed E-state index contributed by atoms with van der Waals surface area (Å²) in [7, 11) is 1.53. The Morgan fingerprint density at radius 3 is 2.60 bits per heavy atom. The van der Waals surface area contributed by atoms with E-state index in [0.717, 1.165) is 0 Å². The van der Waals surface area contributed by atoms with Crippen molar-refractivity contribution in [2.45, 2.75) is 13.8 Å². The Morgan fingerprint density at radius 2 is 2.05 bits per heavy atom. The van der Waals surface area contributed by atoms with Crippen LogP contribution in [0.25, 0.3) is 0 Å². The SMILES string of the molecule is CCOc1c(N)cccc1C(=O)N(CC)CC(=O)NC. The van der Waals surface area contributed by atoms with Crippen molar-refractivity contribution in [2.24, 2.45) is 0 Å². The van der Waals surface area contributed by atoms with E-state index in [1.165, 1.54) is 11.9 Å². The lowest BCUT2D eigenvalue weighted by atomic mass is 10.1. The van der Waals surface area contributed by atoms with E-state index in [1.807, 2.05) is 13.8 Å². The summed E-state index contributed by atoms with van der Waals surface area (Å²) in [6, 6.07) is 5.02. The molecule has 110 valence electrons. The Hall–Kier alpha value is -2.24. The molecule has 0 aliphatic carbocycles. The third kappa shape index (κ3) is 3.63. The number of benzene rings is 1. The minimum Gasteiger partial charge on any atom is -0.491 e. The number of nitrogens with two attached hydrogens (primary N) is 1. The Morgan fingerprint density at radius 1 is 1.35 bits per heavy atom. The van der Waals surface area contributed by atoms with Crippen molar-refractivity contribution in [1.82, 2.24) is 10.2 Å². The summed E-state index contributed by atoms with van der Waals surface area (Å²) in [5, 5.41) is 2.50. The van der Waals surface area contributed by atoms with Crippen LogP contribution in [0, 0.1) is 0 Å². The molecule has 0 aromatic heterocycles. The van der Waals surface area contributed by atoms with Gasteiger partial charge in [-0.05, 0) is 26.0 Å². The molecule has 0 aliphatic rings. The summed E-state index contributed by atoms with van der Waals surface area (Å²) < 4.78 is 5.44. The first-order valence-electron chi connectivity index (χ1n) is 6.56. The fourth-order valence-corrected chi connectivity index (χ4v) is 1.78. The van der Waals surface area contributed by atoms with Crippen molar-refractivity contribution in [3.63, 3.8) is 0 Å². The number of para-hydroxylation sites is 1. The van der Waals surface area contributed by atoms with E-state index in [4.69, 9.17) is 10.5 Å². The van der Waals surface area contributed by atoms with E-state index in [1.54, 1.807) is 18.2 Å². The van der Waals surface area contributed by atoms with Crippen LogP contribution in [0.5, 0.6) is 5.75 Å². The normalized spacial score (nSPS) is 9.95. The van der Waals surface area contributed by atoms with Gasteiger partial charge in [-0.2, -0.15) is 0 Å². The van der Waals surface area contributed by atoms with Crippen LogP contribution in [0.15, 0.2) is 18.2 Å². The van der Waals surface area contributed by atoms with E-state index in [-0.39, 0.29) is 18.4 Å². The molecule has 0 saturated heterocycles. The number of nitrogens with zero attached hydrogens (tertiary/aromatic N) is 1. The van der Waals surface area contributed by atoms with Crippen LogP contribution in [-0.2, 0) is 4.79 Å². The van der Waals surface area contributed by atoms with Crippen molar-refractivity contribution >= 4 is 17.5 Å². The third-order valence-electron chi connectivity index (χ3n) is 2.85. The molecule has 0 fully saturated rings. The second-order valence-electron chi connectivity index (χ2n) is 4.15. The van der Waals surface area contributed by atoms with Crippen molar-refractivity contribution in [3.05, 3.63) is 23.8 Å². The van der Waals surface area contributed by atoms with Crippen LogP contribution < -0.4 is 15.8 Å². The highest BCUT2D eigenvalue weighted by Crippen LogP contribution is 2.27. The molecule has 1 aromatic rings. The molecule has 0 heterocycles. The summed E-state index contributed by atoms with van der Waals surface area (Å²) in [4.78, 5) is 25.4. The molecule has 6 heteroatoms. The number of hydrogen-bond acceptors (Lipinski definition) is 4. The molecule has 0 aliphatic heterocycles. The van der Waals surface area contributed by atoms with Gasteiger partial charge >= 0.3 is 0 Å². The molecule has 1 rings (SSSR count). The molecule has 0 bridgehead atoms. The van der Waals surface area contributed by atoms with Gasteiger partial charge in [0.2, 0.25) is 5.91 Å². The van der Waals surface area contributed by atoms with Gasteiger partial charge in [-0.15, -0.1) is 0 Å². The zero-order chi connectivity index (χ0) is 15.1. The van der Waals surface area contributed by atoms with Crippen LogP contribution in [0.1, 0.15) is 24.2 Å². The zero-order valence-electron chi connectivity index (χ0n) is 12.1. The van der Waals surface area contributed by atoms with Crippen molar-refractivity contribution < 1.29 is 14.3 Å². The predicted octanol–water partition coefficient (Wildman–Crippen LogP) is 0.876. The van der Waals surface area contributed by atoms with Crippen LogP contribution in [0.3, 0.4) is 0 Å². The topological polar surface area (TPSA) is 84.7 Å². The molecular weight excluding hydrogens is 258 g/mol. The monoisotopic (exact) mass is 279 g/mol. The predicted molar refractivity (Wildman–Crippen MR) is 77.7 cm³/mol. The molecule has 0 unspecified atom stereocenters. The fraction of sp³-hybridized carbons (Fsp3) is 0.429. The molecular formula is C14H21N3O3. The van der Waals surface area contributed by atoms with Gasteiger partial charge in [-0.1, -0.05) is 6.07 Å². The van der Waals surface area contributed by atoms with Gasteiger partial charge in [0.1, 0.15) is 0 Å². The summed E-state index contributed by atoms with van der Waals surface area (Å²) in [5.74, 6) is -0.121. The molecule has 0 spiro atoms. The van der Waals surface area contributed by atoms with Crippen LogP contribution in [0.2, 0.25) is 0 Å². The van der Waals surface area contributed by atoms with Gasteiger partial charge in [0.15, 0.2) is 5.75 Å². The number of carbonyl (C=O) groups is 2. The number of ether oxygens (including phenoxy) is 1. The highest BCUT2D eigenvalue weighted by molar-refractivity contribution is 6.00. The van der Waals surface area contributed by atoms with E-state index < -0.39 is 0 Å². The largest absolute Gasteiger partial charge is 0.491 e. The Bertz CT molecular complexity index is 489. The average molecular weight is 279 g/mol. The van der Waals surface area contributed by atoms with Crippen molar-refractivity contribution in [3.8, 4) is 5.75 Å². The Kier molecular flexibility index (Phi) is 5.83. The fourth-order valence-electron chi connectivity index (χ4n) is 1.78. The van der Waals surface area contributed by atoms with Gasteiger partial charge in [-0.25, -0.2) is 0 Å². The maximum atomic E-state index is 12.5. The molecule has 20 heavy (non-hydrogen) atoms. The molecule has 0 radical (unpaired) electrons. The number of carbonyl (C=O) groups excluding carboxylic acids is 2. The molecule has 6 nitrogen and oxygen atoms in total. The summed E-state index contributed by atoms with van der Waals surface area (Å²) in [5.41, 5.74) is 6.62. The first-order valence-corrected chi connectivity index (χ1v) is 6.56. The lowest BCUT2D eigenvalue weighted by Crippen LogP contribution is -2.39. The van der Waals surface area contributed by atoms with Gasteiger partial charge in [0.25, 0.3) is 5.91 Å². The van der Waals surface area contributed by atoms with E-state index in [9.17, 15) is 9.59 Å². The second-order valence-corrected chi connectivity index (χ2v) is 4.15. The van der Waals surface area contributed by atoms with Crippen LogP contribution >= 0.6 is 0 Å². The molecule has 0 atom stereocenters. The lowest BCUT2D eigenvalue weighted by Gasteiger charge is -2.21. The minimum atomic E-state index is -0.271. The Balaban J connectivity index is 3.06. The van der Waals surface area contributed by atoms with Gasteiger partial charge < -0.3 is 20.7 Å². The van der Waals surface area contributed by atoms with Gasteiger partial charge in [-0.3, -0.25) is 9.59 Å². The maximum absolute atomic E-state index is 12.5. The quantitative estimate of drug-likeness (QED) is 0.757. The number of rotatable bonds is 6. The second kappa shape index (κ2) is 7.37. The number of amides is 2. The first-order chi connectivity index (χ1) is 9.54.